The van der Waals surface area contributed by atoms with E-state index in [2.05, 4.69) is 4.41 Å². The van der Waals surface area contributed by atoms with Crippen molar-refractivity contribution in [1.29, 1.82) is 0 Å². The molecule has 0 unspecified atom stereocenters. The summed E-state index contributed by atoms with van der Waals surface area (Å²) in [6.07, 6.45) is 19.6. The summed E-state index contributed by atoms with van der Waals surface area (Å²) in [7, 11) is 0. The van der Waals surface area contributed by atoms with Crippen LogP contribution in [0.4, 0.5) is 0 Å². The second-order valence-electron chi connectivity index (χ2n) is 6.43. The van der Waals surface area contributed by atoms with Crippen LogP contribution in [-0.4, -0.2) is 15.7 Å². The Morgan fingerprint density at radius 2 is 1.05 bits per heavy atom. The van der Waals surface area contributed by atoms with Gasteiger partial charge in [-0.15, -0.1) is 0 Å². The molecule has 0 heterocycles. The van der Waals surface area contributed by atoms with Crippen molar-refractivity contribution in [3.63, 3.8) is 0 Å². The van der Waals surface area contributed by atoms with Crippen LogP contribution in [-0.2, 0) is 0 Å². The van der Waals surface area contributed by atoms with Gasteiger partial charge in [0.25, 0.3) is 0 Å². The van der Waals surface area contributed by atoms with Gasteiger partial charge in [0, 0.05) is 11.3 Å². The third-order valence-electron chi connectivity index (χ3n) is 4.76. The van der Waals surface area contributed by atoms with Crippen LogP contribution >= 0.6 is 11.9 Å². The summed E-state index contributed by atoms with van der Waals surface area (Å²) in [5.41, 5.74) is 0. The highest BCUT2D eigenvalue weighted by molar-refractivity contribution is 7.97. The maximum atomic E-state index is 6.39. The molecular weight excluding hydrogens is 252 g/mol. The van der Waals surface area contributed by atoms with Gasteiger partial charge >= 0.3 is 0 Å². The highest BCUT2D eigenvalue weighted by Gasteiger charge is 2.21. The summed E-state index contributed by atoms with van der Waals surface area (Å²) < 4.78 is 2.15. The fourth-order valence-electron chi connectivity index (χ4n) is 3.47. The monoisotopic (exact) mass is 284 g/mol. The van der Waals surface area contributed by atoms with Crippen molar-refractivity contribution >= 4 is 11.9 Å². The molecule has 0 aromatic carbocycles. The van der Waals surface area contributed by atoms with E-state index in [-0.39, 0.29) is 0 Å². The second-order valence-corrected chi connectivity index (χ2v) is 7.73. The molecule has 2 N–H and O–H groups in total. The fraction of sp³-hybridized carbons (Fsp3) is 1.00. The van der Waals surface area contributed by atoms with Gasteiger partial charge in [-0.1, -0.05) is 76.2 Å². The largest absolute Gasteiger partial charge is 0.259 e. The van der Waals surface area contributed by atoms with E-state index in [1.807, 2.05) is 11.9 Å². The third-order valence-corrected chi connectivity index (χ3v) is 6.07. The second kappa shape index (κ2) is 9.25. The van der Waals surface area contributed by atoms with Gasteiger partial charge in [0.15, 0.2) is 0 Å². The minimum absolute atomic E-state index is 0.635. The minimum atomic E-state index is 0.635. The average molecular weight is 285 g/mol. The first kappa shape index (κ1) is 15.7. The lowest BCUT2D eigenvalue weighted by atomic mass is 9.97. The number of hydrogen-bond acceptors (Lipinski definition) is 3. The summed E-state index contributed by atoms with van der Waals surface area (Å²) in [5, 5.41) is 0.788. The van der Waals surface area contributed by atoms with Gasteiger partial charge in [-0.2, -0.15) is 4.41 Å². The molecule has 2 saturated carbocycles. The summed E-state index contributed by atoms with van der Waals surface area (Å²) in [6, 6.07) is 0.635. The van der Waals surface area contributed by atoms with Gasteiger partial charge in [-0.05, 0) is 25.7 Å². The van der Waals surface area contributed by atoms with Gasteiger partial charge in [0.2, 0.25) is 0 Å². The van der Waals surface area contributed by atoms with E-state index in [1.165, 1.54) is 89.9 Å². The zero-order chi connectivity index (χ0) is 13.3. The van der Waals surface area contributed by atoms with Gasteiger partial charge in [-0.3, -0.25) is 5.84 Å². The Kier molecular flexibility index (Phi) is 7.62. The number of hydrogen-bond donors (Lipinski definition) is 1. The summed E-state index contributed by atoms with van der Waals surface area (Å²) in [4.78, 5) is 0. The van der Waals surface area contributed by atoms with Crippen molar-refractivity contribution in [2.24, 2.45) is 5.84 Å². The predicted octanol–water partition coefficient (Wildman–Crippen LogP) is 5.04. The molecule has 0 atom stereocenters. The number of rotatable bonds is 3. The normalized spacial score (nSPS) is 25.6. The third kappa shape index (κ3) is 6.05. The molecule has 0 aromatic rings. The molecule has 0 amide bonds. The first-order valence-electron chi connectivity index (χ1n) is 8.57. The lowest BCUT2D eigenvalue weighted by molar-refractivity contribution is 0.291. The van der Waals surface area contributed by atoms with Crippen LogP contribution in [0.1, 0.15) is 89.9 Å². The predicted molar refractivity (Wildman–Crippen MR) is 85.8 cm³/mol. The Labute approximate surface area is 124 Å². The Bertz CT molecular complexity index is 219. The molecule has 0 bridgehead atoms. The van der Waals surface area contributed by atoms with E-state index in [0.29, 0.717) is 6.04 Å². The first-order valence-corrected chi connectivity index (χ1v) is 9.40. The first-order chi connectivity index (χ1) is 9.36. The Morgan fingerprint density at radius 3 is 1.58 bits per heavy atom. The van der Waals surface area contributed by atoms with Gasteiger partial charge in [0.05, 0.1) is 0 Å². The summed E-state index contributed by atoms with van der Waals surface area (Å²) in [5.74, 6) is 6.39. The summed E-state index contributed by atoms with van der Waals surface area (Å²) in [6.45, 7) is 0. The fourth-order valence-corrected chi connectivity index (χ4v) is 4.74. The molecule has 2 fully saturated rings. The van der Waals surface area contributed by atoms with Crippen LogP contribution in [0.5, 0.6) is 0 Å². The maximum Gasteiger partial charge on any atom is 0.0354 e. The quantitative estimate of drug-likeness (QED) is 0.447. The Hall–Kier alpha value is 0.270. The van der Waals surface area contributed by atoms with E-state index in [1.54, 1.807) is 0 Å². The molecule has 0 aliphatic heterocycles. The van der Waals surface area contributed by atoms with Crippen LogP contribution < -0.4 is 5.84 Å². The van der Waals surface area contributed by atoms with Crippen LogP contribution in [0.25, 0.3) is 0 Å². The zero-order valence-corrected chi connectivity index (χ0v) is 13.3. The standard InChI is InChI=1S/C16H32N2S/c17-18(15-11-7-3-1-4-8-12-15)19-16-13-9-5-2-6-10-14-16/h15-16H,1-14,17H2. The lowest BCUT2D eigenvalue weighted by Gasteiger charge is -2.31. The number of hydrazine groups is 1. The molecule has 2 rings (SSSR count). The lowest BCUT2D eigenvalue weighted by Crippen LogP contribution is -2.37. The Morgan fingerprint density at radius 1 is 0.632 bits per heavy atom. The molecule has 0 radical (unpaired) electrons. The molecule has 0 saturated heterocycles. The van der Waals surface area contributed by atoms with Crippen molar-refractivity contribution < 1.29 is 0 Å². The molecule has 0 aromatic heterocycles. The van der Waals surface area contributed by atoms with Gasteiger partial charge in [0.1, 0.15) is 0 Å². The van der Waals surface area contributed by atoms with E-state index < -0.39 is 0 Å². The van der Waals surface area contributed by atoms with Crippen LogP contribution in [0.15, 0.2) is 0 Å². The number of nitrogens with two attached hydrogens (primary N) is 1. The van der Waals surface area contributed by atoms with Crippen LogP contribution in [0.2, 0.25) is 0 Å². The maximum absolute atomic E-state index is 6.39. The molecule has 19 heavy (non-hydrogen) atoms. The smallest absolute Gasteiger partial charge is 0.0354 e. The van der Waals surface area contributed by atoms with E-state index in [9.17, 15) is 0 Å². The van der Waals surface area contributed by atoms with Crippen molar-refractivity contribution in [1.82, 2.24) is 4.41 Å². The highest BCUT2D eigenvalue weighted by Crippen LogP contribution is 2.31. The van der Waals surface area contributed by atoms with E-state index >= 15 is 0 Å². The molecule has 2 nitrogen and oxygen atoms in total. The van der Waals surface area contributed by atoms with Crippen molar-refractivity contribution in [3.8, 4) is 0 Å². The molecule has 112 valence electrons. The van der Waals surface area contributed by atoms with Crippen LogP contribution in [0.3, 0.4) is 0 Å². The number of nitrogens with zero attached hydrogens (tertiary/aromatic N) is 1. The molecule has 0 spiro atoms. The van der Waals surface area contributed by atoms with E-state index in [4.69, 9.17) is 5.84 Å². The molecular formula is C16H32N2S. The van der Waals surface area contributed by atoms with Crippen molar-refractivity contribution in [2.75, 3.05) is 0 Å². The minimum Gasteiger partial charge on any atom is -0.259 e. The van der Waals surface area contributed by atoms with Crippen molar-refractivity contribution in [3.05, 3.63) is 0 Å². The molecule has 3 heteroatoms. The van der Waals surface area contributed by atoms with Gasteiger partial charge < -0.3 is 0 Å². The highest BCUT2D eigenvalue weighted by atomic mass is 32.2. The molecule has 2 aliphatic carbocycles. The summed E-state index contributed by atoms with van der Waals surface area (Å²) >= 11 is 1.98. The van der Waals surface area contributed by atoms with Crippen molar-refractivity contribution in [2.45, 2.75) is 101 Å². The zero-order valence-electron chi connectivity index (χ0n) is 12.5. The van der Waals surface area contributed by atoms with E-state index in [0.717, 1.165) is 5.25 Å². The topological polar surface area (TPSA) is 29.3 Å². The van der Waals surface area contributed by atoms with Gasteiger partial charge in [-0.25, -0.2) is 0 Å². The molecule has 2 aliphatic rings. The van der Waals surface area contributed by atoms with Crippen LogP contribution in [0, 0.1) is 0 Å². The average Bonchev–Trinajstić information content (AvgIpc) is 2.31. The SMILES string of the molecule is NN(SC1CCCCCCC1)C1CCCCCCC1. The Balaban J connectivity index is 1.75.